The van der Waals surface area contributed by atoms with Crippen LogP contribution in [0.4, 0.5) is 0 Å². The Hall–Kier alpha value is -0.120. The van der Waals surface area contributed by atoms with Gasteiger partial charge in [-0.15, -0.1) is 0 Å². The lowest BCUT2D eigenvalue weighted by molar-refractivity contribution is 0.274. The second kappa shape index (κ2) is 5.10. The first-order chi connectivity index (χ1) is 6.86. The maximum Gasteiger partial charge on any atom is 0.0222 e. The van der Waals surface area contributed by atoms with E-state index >= 15 is 0 Å². The third kappa shape index (κ3) is 2.69. The zero-order chi connectivity index (χ0) is 9.80. The maximum absolute atomic E-state index is 6.11. The Morgan fingerprint density at radius 2 is 1.93 bits per heavy atom. The second-order valence-corrected chi connectivity index (χ2v) is 4.76. The Morgan fingerprint density at radius 3 is 2.64 bits per heavy atom. The Morgan fingerprint density at radius 1 is 1.07 bits per heavy atom. The molecule has 2 aliphatic rings. The monoisotopic (exact) mass is 197 g/mol. The van der Waals surface area contributed by atoms with E-state index in [9.17, 15) is 0 Å². The van der Waals surface area contributed by atoms with Gasteiger partial charge in [0.05, 0.1) is 0 Å². The van der Waals surface area contributed by atoms with E-state index in [-0.39, 0.29) is 0 Å². The minimum atomic E-state index is 0.394. The molecule has 3 nitrogen and oxygen atoms in total. The summed E-state index contributed by atoms with van der Waals surface area (Å²) in [6, 6.07) is 1.64. The van der Waals surface area contributed by atoms with Crippen LogP contribution in [0.1, 0.15) is 38.5 Å². The molecule has 1 heterocycles. The summed E-state index contributed by atoms with van der Waals surface area (Å²) >= 11 is 0. The average molecular weight is 197 g/mol. The van der Waals surface area contributed by atoms with Crippen LogP contribution in [0.2, 0.25) is 0 Å². The van der Waals surface area contributed by atoms with Gasteiger partial charge in [-0.1, -0.05) is 12.8 Å². The number of hydrogen-bond acceptors (Lipinski definition) is 3. The summed E-state index contributed by atoms with van der Waals surface area (Å²) in [7, 11) is 0. The highest BCUT2D eigenvalue weighted by atomic mass is 15.0. The Labute approximate surface area is 86.8 Å². The van der Waals surface area contributed by atoms with Gasteiger partial charge < -0.3 is 16.4 Å². The molecule has 0 aromatic carbocycles. The van der Waals surface area contributed by atoms with Crippen LogP contribution in [-0.2, 0) is 0 Å². The zero-order valence-electron chi connectivity index (χ0n) is 8.97. The highest BCUT2D eigenvalue weighted by Gasteiger charge is 2.24. The molecule has 1 aliphatic carbocycles. The molecule has 0 aromatic heterocycles. The molecule has 0 bridgehead atoms. The molecule has 0 amide bonds. The minimum absolute atomic E-state index is 0.394. The van der Waals surface area contributed by atoms with Crippen molar-refractivity contribution in [3.8, 4) is 0 Å². The van der Waals surface area contributed by atoms with Gasteiger partial charge in [0.25, 0.3) is 0 Å². The van der Waals surface area contributed by atoms with Crippen molar-refractivity contribution in [2.75, 3.05) is 13.1 Å². The molecule has 0 aromatic rings. The first-order valence-electron chi connectivity index (χ1n) is 6.08. The van der Waals surface area contributed by atoms with Crippen molar-refractivity contribution < 1.29 is 0 Å². The third-order valence-electron chi connectivity index (χ3n) is 3.57. The summed E-state index contributed by atoms with van der Waals surface area (Å²) < 4.78 is 0. The topological polar surface area (TPSA) is 50.1 Å². The fourth-order valence-corrected chi connectivity index (χ4v) is 2.66. The van der Waals surface area contributed by atoms with E-state index in [2.05, 4.69) is 10.6 Å². The van der Waals surface area contributed by atoms with Crippen LogP contribution in [-0.4, -0.2) is 31.2 Å². The predicted octanol–water partition coefficient (Wildman–Crippen LogP) is 0.598. The van der Waals surface area contributed by atoms with Crippen LogP contribution < -0.4 is 16.4 Å². The van der Waals surface area contributed by atoms with Crippen molar-refractivity contribution in [3.63, 3.8) is 0 Å². The van der Waals surface area contributed by atoms with Gasteiger partial charge in [-0.05, 0) is 32.2 Å². The summed E-state index contributed by atoms with van der Waals surface area (Å²) in [5.41, 5.74) is 6.11. The van der Waals surface area contributed by atoms with Gasteiger partial charge in [-0.3, -0.25) is 0 Å². The SMILES string of the molecule is N[C@@H]1CCCC[C@H]1NC1CCCNC1. The Balaban J connectivity index is 1.76. The molecule has 1 saturated carbocycles. The van der Waals surface area contributed by atoms with E-state index in [0.717, 1.165) is 6.54 Å². The van der Waals surface area contributed by atoms with Crippen molar-refractivity contribution in [1.82, 2.24) is 10.6 Å². The molecule has 3 heteroatoms. The minimum Gasteiger partial charge on any atom is -0.326 e. The van der Waals surface area contributed by atoms with Crippen molar-refractivity contribution in [2.45, 2.75) is 56.7 Å². The van der Waals surface area contributed by atoms with Gasteiger partial charge in [0, 0.05) is 24.7 Å². The summed E-state index contributed by atoms with van der Waals surface area (Å²) in [5.74, 6) is 0. The number of hydrogen-bond donors (Lipinski definition) is 3. The quantitative estimate of drug-likeness (QED) is 0.607. The van der Waals surface area contributed by atoms with Crippen molar-refractivity contribution >= 4 is 0 Å². The fraction of sp³-hybridized carbons (Fsp3) is 1.00. The van der Waals surface area contributed by atoms with Gasteiger partial charge >= 0.3 is 0 Å². The first-order valence-corrected chi connectivity index (χ1v) is 6.08. The van der Waals surface area contributed by atoms with Gasteiger partial charge in [0.1, 0.15) is 0 Å². The smallest absolute Gasteiger partial charge is 0.0222 e. The molecule has 1 unspecified atom stereocenters. The number of nitrogens with one attached hydrogen (secondary N) is 2. The molecule has 0 radical (unpaired) electrons. The van der Waals surface area contributed by atoms with Crippen LogP contribution in [0, 0.1) is 0 Å². The van der Waals surface area contributed by atoms with E-state index in [1.165, 1.54) is 45.1 Å². The summed E-state index contributed by atoms with van der Waals surface area (Å²) in [6.45, 7) is 2.32. The molecule has 0 spiro atoms. The fourth-order valence-electron chi connectivity index (χ4n) is 2.66. The van der Waals surface area contributed by atoms with E-state index in [4.69, 9.17) is 5.73 Å². The number of nitrogens with two attached hydrogens (primary N) is 1. The van der Waals surface area contributed by atoms with E-state index < -0.39 is 0 Å². The lowest BCUT2D eigenvalue weighted by Crippen LogP contribution is -2.54. The second-order valence-electron chi connectivity index (χ2n) is 4.76. The molecule has 82 valence electrons. The molecule has 14 heavy (non-hydrogen) atoms. The van der Waals surface area contributed by atoms with Crippen LogP contribution in [0.25, 0.3) is 0 Å². The summed E-state index contributed by atoms with van der Waals surface area (Å²) in [4.78, 5) is 0. The molecule has 3 atom stereocenters. The molecule has 2 rings (SSSR count). The number of rotatable bonds is 2. The van der Waals surface area contributed by atoms with Gasteiger partial charge in [-0.25, -0.2) is 0 Å². The van der Waals surface area contributed by atoms with Crippen LogP contribution >= 0.6 is 0 Å². The lowest BCUT2D eigenvalue weighted by Gasteiger charge is -2.34. The van der Waals surface area contributed by atoms with Crippen LogP contribution in [0.5, 0.6) is 0 Å². The van der Waals surface area contributed by atoms with Crippen molar-refractivity contribution in [2.24, 2.45) is 5.73 Å². The van der Waals surface area contributed by atoms with Gasteiger partial charge in [0.15, 0.2) is 0 Å². The molecular weight excluding hydrogens is 174 g/mol. The van der Waals surface area contributed by atoms with E-state index in [0.29, 0.717) is 18.1 Å². The van der Waals surface area contributed by atoms with Gasteiger partial charge in [-0.2, -0.15) is 0 Å². The van der Waals surface area contributed by atoms with E-state index in [1.807, 2.05) is 0 Å². The molecule has 4 N–H and O–H groups in total. The third-order valence-corrected chi connectivity index (χ3v) is 3.57. The lowest BCUT2D eigenvalue weighted by atomic mass is 9.90. The first kappa shape index (κ1) is 10.4. The maximum atomic E-state index is 6.11. The highest BCUT2D eigenvalue weighted by Crippen LogP contribution is 2.18. The molecular formula is C11H23N3. The largest absolute Gasteiger partial charge is 0.326 e. The summed E-state index contributed by atoms with van der Waals surface area (Å²) in [6.07, 6.45) is 7.78. The van der Waals surface area contributed by atoms with E-state index in [1.54, 1.807) is 0 Å². The van der Waals surface area contributed by atoms with Gasteiger partial charge in [0.2, 0.25) is 0 Å². The number of piperidine rings is 1. The molecule has 1 aliphatic heterocycles. The van der Waals surface area contributed by atoms with Crippen LogP contribution in [0.15, 0.2) is 0 Å². The molecule has 2 fully saturated rings. The highest BCUT2D eigenvalue weighted by molar-refractivity contribution is 4.87. The Bertz CT molecular complexity index is 166. The zero-order valence-corrected chi connectivity index (χ0v) is 8.97. The average Bonchev–Trinajstić information content (AvgIpc) is 2.23. The van der Waals surface area contributed by atoms with Crippen molar-refractivity contribution in [1.29, 1.82) is 0 Å². The standard InChI is InChI=1S/C11H23N3/c12-10-5-1-2-6-11(10)14-9-4-3-7-13-8-9/h9-11,13-14H,1-8,12H2/t9?,10-,11-/m1/s1. The predicted molar refractivity (Wildman–Crippen MR) is 59.3 cm³/mol. The normalized spacial score (nSPS) is 39.6. The molecule has 1 saturated heterocycles. The summed E-state index contributed by atoms with van der Waals surface area (Å²) in [5, 5.41) is 7.16. The van der Waals surface area contributed by atoms with Crippen molar-refractivity contribution in [3.05, 3.63) is 0 Å². The Kier molecular flexibility index (Phi) is 3.79. The van der Waals surface area contributed by atoms with Crippen LogP contribution in [0.3, 0.4) is 0 Å².